The van der Waals surface area contributed by atoms with Crippen molar-refractivity contribution in [1.82, 2.24) is 0 Å². The molecule has 0 heterocycles. The predicted molar refractivity (Wildman–Crippen MR) is 390 cm³/mol. The van der Waals surface area contributed by atoms with Gasteiger partial charge in [0.15, 0.2) is 12.2 Å². The quantitative estimate of drug-likeness (QED) is 0.0169. The fourth-order valence-corrected chi connectivity index (χ4v) is 12.3. The minimum absolute atomic E-state index is 0.0881. The lowest BCUT2D eigenvalue weighted by molar-refractivity contribution is -0.161. The molecule has 0 aromatic rings. The van der Waals surface area contributed by atoms with Crippen LogP contribution < -0.4 is 0 Å². The van der Waals surface area contributed by atoms with Crippen molar-refractivity contribution >= 4 is 39.5 Å². The van der Waals surface area contributed by atoms with Crippen LogP contribution in [0.2, 0.25) is 0 Å². The molecule has 0 aromatic carbocycles. The molecule has 0 saturated heterocycles. The standard InChI is InChI=1S/C77H142O17P2/c1-5-9-13-17-21-25-29-33-35-39-42-46-50-54-58-62-75(80)88-68-72(93-76(81)63-59-55-51-47-43-38-32-28-24-20-16-12-8-4)69-91-95(83,84)89-65-71(78)66-90-96(85,86)92-70-73(67-87-74(79)61-57-53-49-45-41-37-31-27-23-19-15-11-7-3)94-77(82)64-60-56-52-48-44-40-36-34-30-26-22-18-14-10-6-2/h26-28,30-33,35,71-73,78H,5-25,29,34,36-70H2,1-4H3,(H,83,84)(H,85,86)/b30-26-,31-27-,32-28-,35-33-/t71-,72-,73-/m1/s1. The summed E-state index contributed by atoms with van der Waals surface area (Å²) in [6, 6.07) is 0. The van der Waals surface area contributed by atoms with Crippen molar-refractivity contribution < 1.29 is 80.2 Å². The van der Waals surface area contributed by atoms with Crippen molar-refractivity contribution in [3.63, 3.8) is 0 Å². The molecule has 0 radical (unpaired) electrons. The van der Waals surface area contributed by atoms with Crippen LogP contribution in [0.4, 0.5) is 0 Å². The van der Waals surface area contributed by atoms with Gasteiger partial charge in [-0.3, -0.25) is 37.3 Å². The summed E-state index contributed by atoms with van der Waals surface area (Å²) in [6.07, 6.45) is 66.6. The molecule has 5 atom stereocenters. The van der Waals surface area contributed by atoms with E-state index in [4.69, 9.17) is 37.0 Å². The van der Waals surface area contributed by atoms with E-state index in [1.54, 1.807) is 0 Å². The Balaban J connectivity index is 5.32. The first kappa shape index (κ1) is 93.0. The van der Waals surface area contributed by atoms with Gasteiger partial charge in [0.05, 0.1) is 26.4 Å². The van der Waals surface area contributed by atoms with Gasteiger partial charge in [0.25, 0.3) is 0 Å². The average Bonchev–Trinajstić information content (AvgIpc) is 1.29. The molecule has 2 unspecified atom stereocenters. The number of ether oxygens (including phenoxy) is 4. The summed E-state index contributed by atoms with van der Waals surface area (Å²) in [4.78, 5) is 72.8. The lowest BCUT2D eigenvalue weighted by Crippen LogP contribution is -2.30. The fourth-order valence-electron chi connectivity index (χ4n) is 10.7. The van der Waals surface area contributed by atoms with Gasteiger partial charge in [-0.2, -0.15) is 0 Å². The third-order valence-corrected chi connectivity index (χ3v) is 18.6. The van der Waals surface area contributed by atoms with Crippen molar-refractivity contribution in [1.29, 1.82) is 0 Å². The second-order valence-electron chi connectivity index (χ2n) is 26.3. The number of allylic oxidation sites excluding steroid dienone is 8. The number of rotatable bonds is 74. The van der Waals surface area contributed by atoms with Gasteiger partial charge in [-0.1, -0.05) is 256 Å². The van der Waals surface area contributed by atoms with Crippen LogP contribution in [-0.2, 0) is 65.4 Å². The maximum atomic E-state index is 13.1. The molecule has 0 bridgehead atoms. The molecule has 0 aliphatic carbocycles. The summed E-state index contributed by atoms with van der Waals surface area (Å²) in [5.41, 5.74) is 0. The van der Waals surface area contributed by atoms with Crippen LogP contribution in [0.1, 0.15) is 362 Å². The number of phosphoric acid groups is 2. The van der Waals surface area contributed by atoms with Gasteiger partial charge in [0, 0.05) is 25.7 Å². The smallest absolute Gasteiger partial charge is 0.462 e. The average molecular weight is 1400 g/mol. The van der Waals surface area contributed by atoms with Crippen LogP contribution in [0.15, 0.2) is 48.6 Å². The molecule has 3 N–H and O–H groups in total. The highest BCUT2D eigenvalue weighted by molar-refractivity contribution is 7.47. The molecular weight excluding hydrogens is 1260 g/mol. The zero-order valence-electron chi connectivity index (χ0n) is 61.3. The minimum Gasteiger partial charge on any atom is -0.462 e. The number of aliphatic hydroxyl groups is 1. The summed E-state index contributed by atoms with van der Waals surface area (Å²) in [5, 5.41) is 10.6. The second-order valence-corrected chi connectivity index (χ2v) is 29.2. The fraction of sp³-hybridized carbons (Fsp3) is 0.844. The summed E-state index contributed by atoms with van der Waals surface area (Å²) in [6.45, 7) is 4.85. The normalized spacial score (nSPS) is 14.2. The summed E-state index contributed by atoms with van der Waals surface area (Å²) in [5.74, 6) is -2.18. The zero-order chi connectivity index (χ0) is 70.4. The lowest BCUT2D eigenvalue weighted by Gasteiger charge is -2.21. The third-order valence-electron chi connectivity index (χ3n) is 16.7. The third kappa shape index (κ3) is 69.5. The van der Waals surface area contributed by atoms with Crippen LogP contribution in [0.3, 0.4) is 0 Å². The van der Waals surface area contributed by atoms with Crippen molar-refractivity contribution in [2.75, 3.05) is 39.6 Å². The zero-order valence-corrected chi connectivity index (χ0v) is 63.1. The van der Waals surface area contributed by atoms with E-state index in [0.29, 0.717) is 25.7 Å². The number of aliphatic hydroxyl groups excluding tert-OH is 1. The summed E-state index contributed by atoms with van der Waals surface area (Å²) < 4.78 is 68.5. The Morgan fingerprint density at radius 1 is 0.281 bits per heavy atom. The number of esters is 4. The molecule has 0 amide bonds. The van der Waals surface area contributed by atoms with Gasteiger partial charge in [-0.25, -0.2) is 9.13 Å². The van der Waals surface area contributed by atoms with E-state index in [0.717, 1.165) is 167 Å². The summed E-state index contributed by atoms with van der Waals surface area (Å²) >= 11 is 0. The van der Waals surface area contributed by atoms with E-state index in [9.17, 15) is 43.2 Å². The Hall–Kier alpha value is -2.98. The molecule has 0 fully saturated rings. The maximum absolute atomic E-state index is 13.1. The Bertz CT molecular complexity index is 2010. The van der Waals surface area contributed by atoms with E-state index < -0.39 is 97.5 Å². The van der Waals surface area contributed by atoms with E-state index in [1.807, 2.05) is 0 Å². The number of hydrogen-bond acceptors (Lipinski definition) is 15. The molecule has 96 heavy (non-hydrogen) atoms. The first-order valence-corrected chi connectivity index (χ1v) is 41.9. The van der Waals surface area contributed by atoms with Crippen LogP contribution in [-0.4, -0.2) is 96.7 Å². The SMILES string of the molecule is CCCCCC/C=C\CCCCCCCCCC(=O)O[C@H](COC(=O)CCCCCCC/C=C\CCCCCC)COP(=O)(O)OC[C@H](O)COP(=O)(O)OC[C@@H](COC(=O)CCCCCCC/C=C\CCCCCCCC)OC(=O)CCCCCCC/C=C\CCCCCC. The van der Waals surface area contributed by atoms with Crippen molar-refractivity contribution in [2.24, 2.45) is 0 Å². The topological polar surface area (TPSA) is 237 Å². The molecular formula is C77H142O17P2. The Labute approximate surface area is 585 Å². The van der Waals surface area contributed by atoms with E-state index in [1.165, 1.54) is 116 Å². The van der Waals surface area contributed by atoms with Gasteiger partial charge in [-0.15, -0.1) is 0 Å². The molecule has 19 heteroatoms. The first-order valence-electron chi connectivity index (χ1n) is 38.9. The van der Waals surface area contributed by atoms with Gasteiger partial charge in [-0.05, 0) is 128 Å². The van der Waals surface area contributed by atoms with Crippen LogP contribution in [0, 0.1) is 0 Å². The van der Waals surface area contributed by atoms with Crippen LogP contribution in [0.25, 0.3) is 0 Å². The number of phosphoric ester groups is 2. The molecule has 0 aliphatic heterocycles. The van der Waals surface area contributed by atoms with Crippen molar-refractivity contribution in [2.45, 2.75) is 380 Å². The van der Waals surface area contributed by atoms with E-state index in [-0.39, 0.29) is 25.7 Å². The highest BCUT2D eigenvalue weighted by atomic mass is 31.2. The number of carbonyl (C=O) groups is 4. The van der Waals surface area contributed by atoms with Gasteiger partial charge in [0.2, 0.25) is 0 Å². The lowest BCUT2D eigenvalue weighted by atomic mass is 10.1. The number of unbranched alkanes of at least 4 members (excludes halogenated alkanes) is 40. The monoisotopic (exact) mass is 1400 g/mol. The second kappa shape index (κ2) is 70.5. The van der Waals surface area contributed by atoms with Gasteiger partial charge in [0.1, 0.15) is 19.3 Å². The van der Waals surface area contributed by atoms with Gasteiger partial charge >= 0.3 is 39.5 Å². The van der Waals surface area contributed by atoms with Crippen LogP contribution in [0.5, 0.6) is 0 Å². The predicted octanol–water partition coefficient (Wildman–Crippen LogP) is 22.1. The largest absolute Gasteiger partial charge is 0.472 e. The van der Waals surface area contributed by atoms with Crippen LogP contribution >= 0.6 is 15.6 Å². The van der Waals surface area contributed by atoms with Gasteiger partial charge < -0.3 is 33.8 Å². The Morgan fingerprint density at radius 3 is 0.729 bits per heavy atom. The molecule has 0 saturated carbocycles. The minimum atomic E-state index is -4.97. The Kier molecular flexibility index (Phi) is 68.3. The maximum Gasteiger partial charge on any atom is 0.472 e. The number of carbonyl (C=O) groups excluding carboxylic acids is 4. The molecule has 0 spiro atoms. The molecule has 17 nitrogen and oxygen atoms in total. The number of hydrogen-bond donors (Lipinski definition) is 3. The van der Waals surface area contributed by atoms with Crippen molar-refractivity contribution in [3.8, 4) is 0 Å². The van der Waals surface area contributed by atoms with E-state index in [2.05, 4.69) is 76.3 Å². The van der Waals surface area contributed by atoms with Crippen molar-refractivity contribution in [3.05, 3.63) is 48.6 Å². The molecule has 0 aromatic heterocycles. The highest BCUT2D eigenvalue weighted by Gasteiger charge is 2.30. The Morgan fingerprint density at radius 2 is 0.479 bits per heavy atom. The molecule has 562 valence electrons. The first-order chi connectivity index (χ1) is 46.7. The molecule has 0 rings (SSSR count). The van der Waals surface area contributed by atoms with E-state index >= 15 is 0 Å². The summed E-state index contributed by atoms with van der Waals surface area (Å²) in [7, 11) is -9.94. The molecule has 0 aliphatic rings. The highest BCUT2D eigenvalue weighted by Crippen LogP contribution is 2.45.